The number of nitro groups is 1. The van der Waals surface area contributed by atoms with E-state index in [0.29, 0.717) is 6.04 Å². The Labute approximate surface area is 109 Å². The number of nitrogens with zero attached hydrogens (tertiary/aromatic N) is 2. The summed E-state index contributed by atoms with van der Waals surface area (Å²) in [4.78, 5) is 10.2. The molecule has 0 aromatic heterocycles. The average molecular weight is 263 g/mol. The molecule has 1 fully saturated rings. The maximum Gasteiger partial charge on any atom is 0.287 e. The molecular formula is C12H13N3O2S. The highest BCUT2D eigenvalue weighted by atomic mass is 32.2. The molecule has 1 atom stereocenters. The largest absolute Gasteiger partial charge is 0.381 e. The van der Waals surface area contributed by atoms with E-state index < -0.39 is 4.92 Å². The zero-order valence-electron chi connectivity index (χ0n) is 9.76. The quantitative estimate of drug-likeness (QED) is 0.670. The number of nitriles is 1. The van der Waals surface area contributed by atoms with Gasteiger partial charge in [-0.2, -0.15) is 17.0 Å². The molecule has 1 heterocycles. The number of thioether (sulfide) groups is 1. The van der Waals surface area contributed by atoms with Crippen LogP contribution in [0.1, 0.15) is 18.4 Å². The Morgan fingerprint density at radius 3 is 3.00 bits per heavy atom. The molecule has 1 aromatic rings. The molecule has 0 aliphatic carbocycles. The summed E-state index contributed by atoms with van der Waals surface area (Å²) in [5.74, 6) is 2.24. The fraction of sp³-hybridized carbons (Fsp3) is 0.417. The van der Waals surface area contributed by atoms with Crippen molar-refractivity contribution in [1.29, 1.82) is 5.26 Å². The molecule has 0 radical (unpaired) electrons. The molecule has 5 nitrogen and oxygen atoms in total. The van der Waals surface area contributed by atoms with Gasteiger partial charge >= 0.3 is 0 Å². The predicted molar refractivity (Wildman–Crippen MR) is 71.8 cm³/mol. The minimum atomic E-state index is -0.529. The van der Waals surface area contributed by atoms with E-state index in [1.165, 1.54) is 18.2 Å². The van der Waals surface area contributed by atoms with Crippen LogP contribution in [0.2, 0.25) is 0 Å². The van der Waals surface area contributed by atoms with E-state index >= 15 is 0 Å². The molecule has 6 heteroatoms. The van der Waals surface area contributed by atoms with E-state index in [2.05, 4.69) is 5.32 Å². The Balaban J connectivity index is 2.14. The van der Waals surface area contributed by atoms with Gasteiger partial charge in [-0.3, -0.25) is 10.1 Å². The molecule has 1 N–H and O–H groups in total. The lowest BCUT2D eigenvalue weighted by Gasteiger charge is -2.23. The van der Waals surface area contributed by atoms with E-state index in [0.717, 1.165) is 17.9 Å². The highest BCUT2D eigenvalue weighted by Crippen LogP contribution is 2.25. The average Bonchev–Trinajstić information content (AvgIpc) is 2.39. The third-order valence-electron chi connectivity index (χ3n) is 2.84. The number of nitrogens with one attached hydrogen (secondary N) is 1. The molecule has 1 aliphatic rings. The van der Waals surface area contributed by atoms with Crippen molar-refractivity contribution >= 4 is 23.1 Å². The fourth-order valence-corrected chi connectivity index (χ4v) is 3.04. The zero-order chi connectivity index (χ0) is 13.0. The van der Waals surface area contributed by atoms with Crippen molar-refractivity contribution in [3.63, 3.8) is 0 Å². The van der Waals surface area contributed by atoms with Crippen LogP contribution >= 0.6 is 11.8 Å². The van der Waals surface area contributed by atoms with Gasteiger partial charge < -0.3 is 5.32 Å². The molecule has 1 unspecified atom stereocenters. The smallest absolute Gasteiger partial charge is 0.287 e. The summed E-state index contributed by atoms with van der Waals surface area (Å²) in [6, 6.07) is 6.86. The van der Waals surface area contributed by atoms with Crippen molar-refractivity contribution in [3.8, 4) is 6.07 Å². The summed E-state index contributed by atoms with van der Waals surface area (Å²) in [7, 11) is 0. The van der Waals surface area contributed by atoms with Crippen molar-refractivity contribution in [3.05, 3.63) is 33.9 Å². The highest BCUT2D eigenvalue weighted by Gasteiger charge is 2.17. The van der Waals surface area contributed by atoms with E-state index in [-0.39, 0.29) is 11.3 Å². The molecule has 2 rings (SSSR count). The monoisotopic (exact) mass is 263 g/mol. The Bertz CT molecular complexity index is 493. The van der Waals surface area contributed by atoms with Gasteiger partial charge in [0, 0.05) is 23.5 Å². The molecule has 1 aliphatic heterocycles. The second-order valence-electron chi connectivity index (χ2n) is 4.16. The first kappa shape index (κ1) is 12.7. The van der Waals surface area contributed by atoms with Crippen LogP contribution in [0.15, 0.2) is 18.2 Å². The van der Waals surface area contributed by atoms with Gasteiger partial charge in [-0.05, 0) is 30.7 Å². The molecule has 1 aromatic carbocycles. The van der Waals surface area contributed by atoms with Gasteiger partial charge in [0.1, 0.15) is 11.6 Å². The molecule has 1 saturated heterocycles. The summed E-state index contributed by atoms with van der Waals surface area (Å²) in [5.41, 5.74) is 0.749. The SMILES string of the molecule is N#Cc1cc(NC2CCCSC2)ccc1[N+](=O)[O-]. The van der Waals surface area contributed by atoms with Crippen LogP contribution in [0, 0.1) is 21.4 Å². The first-order chi connectivity index (χ1) is 8.70. The van der Waals surface area contributed by atoms with Gasteiger partial charge in [0.25, 0.3) is 5.69 Å². The maximum atomic E-state index is 10.7. The molecular weight excluding hydrogens is 250 g/mol. The van der Waals surface area contributed by atoms with Crippen molar-refractivity contribution < 1.29 is 4.92 Å². The second-order valence-corrected chi connectivity index (χ2v) is 5.31. The van der Waals surface area contributed by atoms with Crippen molar-refractivity contribution in [1.82, 2.24) is 0 Å². The van der Waals surface area contributed by atoms with Crippen LogP contribution in [0.3, 0.4) is 0 Å². The van der Waals surface area contributed by atoms with Gasteiger partial charge in [-0.1, -0.05) is 0 Å². The number of hydrogen-bond acceptors (Lipinski definition) is 5. The first-order valence-electron chi connectivity index (χ1n) is 5.73. The van der Waals surface area contributed by atoms with Gasteiger partial charge in [0.15, 0.2) is 0 Å². The normalized spacial score (nSPS) is 18.9. The Kier molecular flexibility index (Phi) is 4.05. The zero-order valence-corrected chi connectivity index (χ0v) is 10.6. The topological polar surface area (TPSA) is 79.0 Å². The number of hydrogen-bond donors (Lipinski definition) is 1. The van der Waals surface area contributed by atoms with E-state index in [1.807, 2.05) is 17.8 Å². The second kappa shape index (κ2) is 5.74. The van der Waals surface area contributed by atoms with Crippen molar-refractivity contribution in [2.45, 2.75) is 18.9 Å². The summed E-state index contributed by atoms with van der Waals surface area (Å²) < 4.78 is 0. The van der Waals surface area contributed by atoms with Crippen LogP contribution in [-0.2, 0) is 0 Å². The Hall–Kier alpha value is -1.74. The van der Waals surface area contributed by atoms with E-state index in [9.17, 15) is 10.1 Å². The molecule has 0 saturated carbocycles. The summed E-state index contributed by atoms with van der Waals surface area (Å²) in [5, 5.41) is 23.0. The minimum Gasteiger partial charge on any atom is -0.381 e. The van der Waals surface area contributed by atoms with Gasteiger partial charge in [-0.15, -0.1) is 0 Å². The number of rotatable bonds is 3. The van der Waals surface area contributed by atoms with Crippen LogP contribution in [0.5, 0.6) is 0 Å². The Morgan fingerprint density at radius 2 is 2.39 bits per heavy atom. The van der Waals surface area contributed by atoms with Crippen molar-refractivity contribution in [2.75, 3.05) is 16.8 Å². The fourth-order valence-electron chi connectivity index (χ4n) is 1.96. The number of anilines is 1. The maximum absolute atomic E-state index is 10.7. The van der Waals surface area contributed by atoms with E-state index in [1.54, 1.807) is 12.1 Å². The van der Waals surface area contributed by atoms with Gasteiger partial charge in [-0.25, -0.2) is 0 Å². The van der Waals surface area contributed by atoms with Gasteiger partial charge in [0.05, 0.1) is 4.92 Å². The molecule has 18 heavy (non-hydrogen) atoms. The van der Waals surface area contributed by atoms with Gasteiger partial charge in [0.2, 0.25) is 0 Å². The van der Waals surface area contributed by atoms with Crippen LogP contribution in [-0.4, -0.2) is 22.5 Å². The summed E-state index contributed by atoms with van der Waals surface area (Å²) in [6.45, 7) is 0. The van der Waals surface area contributed by atoms with Crippen molar-refractivity contribution in [2.24, 2.45) is 0 Å². The molecule has 94 valence electrons. The third-order valence-corrected chi connectivity index (χ3v) is 4.06. The van der Waals surface area contributed by atoms with Crippen LogP contribution < -0.4 is 5.32 Å². The molecule has 0 bridgehead atoms. The lowest BCUT2D eigenvalue weighted by molar-refractivity contribution is -0.385. The lowest BCUT2D eigenvalue weighted by Crippen LogP contribution is -2.25. The van der Waals surface area contributed by atoms with Crippen LogP contribution in [0.25, 0.3) is 0 Å². The third kappa shape index (κ3) is 2.93. The molecule has 0 spiro atoms. The first-order valence-corrected chi connectivity index (χ1v) is 6.89. The minimum absolute atomic E-state index is 0.105. The van der Waals surface area contributed by atoms with E-state index in [4.69, 9.17) is 5.26 Å². The number of nitro benzene ring substituents is 1. The lowest BCUT2D eigenvalue weighted by atomic mass is 10.1. The van der Waals surface area contributed by atoms with Crippen LogP contribution in [0.4, 0.5) is 11.4 Å². The standard InChI is InChI=1S/C12H13N3O2S/c13-7-9-6-10(3-4-12(9)15(16)17)14-11-2-1-5-18-8-11/h3-4,6,11,14H,1-2,5,8H2. The highest BCUT2D eigenvalue weighted by molar-refractivity contribution is 7.99. The number of benzene rings is 1. The molecule has 0 amide bonds. The summed E-state index contributed by atoms with van der Waals surface area (Å²) >= 11 is 1.90. The summed E-state index contributed by atoms with van der Waals surface area (Å²) in [6.07, 6.45) is 2.28. The predicted octanol–water partition coefficient (Wildman–Crippen LogP) is 2.77. The Morgan fingerprint density at radius 1 is 1.56 bits per heavy atom.